The highest BCUT2D eigenvalue weighted by atomic mass is 32.1. The van der Waals surface area contributed by atoms with E-state index >= 15 is 0 Å². The standard InChI is InChI=1S/C17H17N5S/c1-2-5-19-12(3-1)9-21-10-14-7-13(21)11-22(14)17-20-15-8-18-6-4-16(15)23-17/h1-6,8,13-14H,7,9-11H2. The Kier molecular flexibility index (Phi) is 3.06. The van der Waals surface area contributed by atoms with E-state index in [-0.39, 0.29) is 0 Å². The molecule has 0 N–H and O–H groups in total. The van der Waals surface area contributed by atoms with Crippen molar-refractivity contribution in [3.05, 3.63) is 48.5 Å². The molecule has 0 aromatic carbocycles. The first-order valence-corrected chi connectivity index (χ1v) is 8.79. The Morgan fingerprint density at radius 2 is 2.13 bits per heavy atom. The number of rotatable bonds is 3. The van der Waals surface area contributed by atoms with Crippen LogP contribution in [0.5, 0.6) is 0 Å². The third-order valence-corrected chi connectivity index (χ3v) is 5.94. The summed E-state index contributed by atoms with van der Waals surface area (Å²) < 4.78 is 1.23. The van der Waals surface area contributed by atoms with Crippen LogP contribution in [0.15, 0.2) is 42.9 Å². The van der Waals surface area contributed by atoms with E-state index in [2.05, 4.69) is 38.0 Å². The lowest BCUT2D eigenvalue weighted by atomic mass is 10.2. The van der Waals surface area contributed by atoms with Gasteiger partial charge in [-0.15, -0.1) is 0 Å². The average Bonchev–Trinajstić information content (AvgIpc) is 3.28. The molecule has 2 bridgehead atoms. The van der Waals surface area contributed by atoms with E-state index in [1.54, 1.807) is 11.3 Å². The minimum absolute atomic E-state index is 0.581. The van der Waals surface area contributed by atoms with Gasteiger partial charge in [-0.3, -0.25) is 14.9 Å². The predicted octanol–water partition coefficient (Wildman–Crippen LogP) is 2.55. The first-order valence-electron chi connectivity index (χ1n) is 7.98. The Morgan fingerprint density at radius 3 is 2.91 bits per heavy atom. The van der Waals surface area contributed by atoms with Gasteiger partial charge < -0.3 is 4.90 Å². The fraction of sp³-hybridized carbons (Fsp3) is 0.353. The number of piperazine rings is 1. The molecular formula is C17H17N5S. The number of thiazole rings is 1. The van der Waals surface area contributed by atoms with Crippen LogP contribution >= 0.6 is 11.3 Å². The number of aromatic nitrogens is 3. The molecule has 6 heteroatoms. The zero-order chi connectivity index (χ0) is 15.2. The van der Waals surface area contributed by atoms with Crippen molar-refractivity contribution in [1.29, 1.82) is 0 Å². The molecule has 5 rings (SSSR count). The van der Waals surface area contributed by atoms with E-state index < -0.39 is 0 Å². The van der Waals surface area contributed by atoms with Crippen molar-refractivity contribution in [3.63, 3.8) is 0 Å². The lowest BCUT2D eigenvalue weighted by Crippen LogP contribution is -2.46. The highest BCUT2D eigenvalue weighted by molar-refractivity contribution is 7.22. The monoisotopic (exact) mass is 323 g/mol. The maximum Gasteiger partial charge on any atom is 0.186 e. The Morgan fingerprint density at radius 1 is 1.13 bits per heavy atom. The molecule has 0 radical (unpaired) electrons. The predicted molar refractivity (Wildman–Crippen MR) is 91.6 cm³/mol. The number of fused-ring (bicyclic) bond motifs is 3. The Balaban J connectivity index is 1.34. The van der Waals surface area contributed by atoms with Gasteiger partial charge in [-0.2, -0.15) is 0 Å². The fourth-order valence-corrected chi connectivity index (χ4v) is 4.78. The summed E-state index contributed by atoms with van der Waals surface area (Å²) in [6.07, 6.45) is 6.82. The van der Waals surface area contributed by atoms with Crippen molar-refractivity contribution in [2.75, 3.05) is 18.0 Å². The van der Waals surface area contributed by atoms with E-state index in [1.165, 1.54) is 11.1 Å². The summed E-state index contributed by atoms with van der Waals surface area (Å²) in [7, 11) is 0. The van der Waals surface area contributed by atoms with Crippen LogP contribution in [0.2, 0.25) is 0 Å². The Labute approximate surface area is 138 Å². The summed E-state index contributed by atoms with van der Waals surface area (Å²) >= 11 is 1.78. The zero-order valence-electron chi connectivity index (χ0n) is 12.7. The highest BCUT2D eigenvalue weighted by Crippen LogP contribution is 2.38. The number of anilines is 1. The second-order valence-electron chi connectivity index (χ2n) is 6.29. The lowest BCUT2D eigenvalue weighted by Gasteiger charge is -2.33. The van der Waals surface area contributed by atoms with Crippen molar-refractivity contribution >= 4 is 26.7 Å². The van der Waals surface area contributed by atoms with E-state index in [9.17, 15) is 0 Å². The second-order valence-corrected chi connectivity index (χ2v) is 7.30. The molecule has 2 atom stereocenters. The van der Waals surface area contributed by atoms with Crippen molar-refractivity contribution in [2.24, 2.45) is 0 Å². The number of likely N-dealkylation sites (tertiary alicyclic amines) is 1. The van der Waals surface area contributed by atoms with E-state index in [4.69, 9.17) is 4.98 Å². The van der Waals surface area contributed by atoms with E-state index in [1.807, 2.05) is 24.7 Å². The molecule has 5 nitrogen and oxygen atoms in total. The molecule has 2 aliphatic rings. The van der Waals surface area contributed by atoms with Gasteiger partial charge in [0.15, 0.2) is 5.13 Å². The van der Waals surface area contributed by atoms with Crippen LogP contribution in [0.3, 0.4) is 0 Å². The van der Waals surface area contributed by atoms with Gasteiger partial charge >= 0.3 is 0 Å². The summed E-state index contributed by atoms with van der Waals surface area (Å²) in [6.45, 7) is 3.14. The van der Waals surface area contributed by atoms with Crippen LogP contribution in [0.25, 0.3) is 10.2 Å². The quantitative estimate of drug-likeness (QED) is 0.741. The largest absolute Gasteiger partial charge is 0.342 e. The van der Waals surface area contributed by atoms with E-state index in [0.29, 0.717) is 12.1 Å². The molecule has 2 fully saturated rings. The van der Waals surface area contributed by atoms with Gasteiger partial charge in [-0.05, 0) is 24.6 Å². The molecule has 2 saturated heterocycles. The number of pyridine rings is 2. The van der Waals surface area contributed by atoms with Crippen LogP contribution in [0.1, 0.15) is 12.1 Å². The minimum Gasteiger partial charge on any atom is -0.342 e. The normalized spacial score (nSPS) is 23.9. The van der Waals surface area contributed by atoms with Crippen LogP contribution in [0, 0.1) is 0 Å². The SMILES string of the molecule is c1ccc(CN2CC3CC2CN3c2nc3cnccc3s2)nc1. The summed E-state index contributed by atoms with van der Waals surface area (Å²) in [4.78, 5) is 18.5. The first kappa shape index (κ1) is 13.4. The molecule has 116 valence electrons. The average molecular weight is 323 g/mol. The van der Waals surface area contributed by atoms with Gasteiger partial charge in [0.1, 0.15) is 5.52 Å². The molecule has 2 unspecified atom stereocenters. The maximum atomic E-state index is 4.77. The smallest absolute Gasteiger partial charge is 0.186 e. The van der Waals surface area contributed by atoms with E-state index in [0.717, 1.165) is 36.0 Å². The molecule has 3 aromatic heterocycles. The van der Waals surface area contributed by atoms with Gasteiger partial charge in [0.2, 0.25) is 0 Å². The number of hydrogen-bond acceptors (Lipinski definition) is 6. The van der Waals surface area contributed by atoms with Crippen LogP contribution in [-0.4, -0.2) is 45.0 Å². The molecule has 0 spiro atoms. The molecule has 0 amide bonds. The molecule has 0 aliphatic carbocycles. The first-order chi connectivity index (χ1) is 11.4. The van der Waals surface area contributed by atoms with Crippen molar-refractivity contribution < 1.29 is 0 Å². The summed E-state index contributed by atoms with van der Waals surface area (Å²) in [5.41, 5.74) is 2.18. The van der Waals surface area contributed by atoms with Gasteiger partial charge in [-0.1, -0.05) is 17.4 Å². The molecule has 5 heterocycles. The summed E-state index contributed by atoms with van der Waals surface area (Å²) in [5, 5.41) is 1.15. The molecule has 3 aromatic rings. The number of hydrogen-bond donors (Lipinski definition) is 0. The van der Waals surface area contributed by atoms with Crippen LogP contribution < -0.4 is 4.90 Å². The van der Waals surface area contributed by atoms with Gasteiger partial charge in [0.05, 0.1) is 16.6 Å². The van der Waals surface area contributed by atoms with Crippen molar-refractivity contribution in [1.82, 2.24) is 19.9 Å². The summed E-state index contributed by atoms with van der Waals surface area (Å²) in [5.74, 6) is 0. The Hall–Kier alpha value is -2.05. The Bertz CT molecular complexity index is 800. The topological polar surface area (TPSA) is 45.2 Å². The molecular weight excluding hydrogens is 306 g/mol. The van der Waals surface area contributed by atoms with Crippen molar-refractivity contribution in [2.45, 2.75) is 25.0 Å². The third kappa shape index (κ3) is 2.29. The third-order valence-electron chi connectivity index (χ3n) is 4.87. The molecule has 0 saturated carbocycles. The number of nitrogens with zero attached hydrogens (tertiary/aromatic N) is 5. The van der Waals surface area contributed by atoms with Gasteiger partial charge in [-0.25, -0.2) is 4.98 Å². The maximum absolute atomic E-state index is 4.77. The highest BCUT2D eigenvalue weighted by Gasteiger charge is 2.44. The fourth-order valence-electron chi connectivity index (χ4n) is 3.77. The molecule has 2 aliphatic heterocycles. The summed E-state index contributed by atoms with van der Waals surface area (Å²) in [6, 6.07) is 9.41. The van der Waals surface area contributed by atoms with Gasteiger partial charge in [0.25, 0.3) is 0 Å². The van der Waals surface area contributed by atoms with Crippen molar-refractivity contribution in [3.8, 4) is 0 Å². The second kappa shape index (κ2) is 5.25. The lowest BCUT2D eigenvalue weighted by molar-refractivity contribution is 0.228. The van der Waals surface area contributed by atoms with Gasteiger partial charge in [0, 0.05) is 44.1 Å². The van der Waals surface area contributed by atoms with Crippen LogP contribution in [0.4, 0.5) is 5.13 Å². The zero-order valence-corrected chi connectivity index (χ0v) is 13.5. The minimum atomic E-state index is 0.581. The van der Waals surface area contributed by atoms with Crippen LogP contribution in [-0.2, 0) is 6.54 Å². The molecule has 23 heavy (non-hydrogen) atoms.